The monoisotopic (exact) mass is 433 g/mol. The highest BCUT2D eigenvalue weighted by Crippen LogP contribution is 2.34. The van der Waals surface area contributed by atoms with Crippen LogP contribution < -0.4 is 14.4 Å². The predicted octanol–water partition coefficient (Wildman–Crippen LogP) is 2.56. The van der Waals surface area contributed by atoms with Crippen LogP contribution in [0.15, 0.2) is 42.5 Å². The number of hydrogen-bond donors (Lipinski definition) is 1. The fraction of sp³-hybridized carbons (Fsp3) is 0.350. The van der Waals surface area contributed by atoms with Crippen molar-refractivity contribution in [1.29, 1.82) is 0 Å². The molecule has 2 aromatic rings. The summed E-state index contributed by atoms with van der Waals surface area (Å²) in [6.07, 6.45) is 3.54. The molecule has 160 valence electrons. The maximum atomic E-state index is 12.8. The van der Waals surface area contributed by atoms with Crippen LogP contribution in [0.5, 0.6) is 5.75 Å². The van der Waals surface area contributed by atoms with Gasteiger partial charge in [-0.1, -0.05) is 24.3 Å². The van der Waals surface area contributed by atoms with Gasteiger partial charge in [-0.2, -0.15) is 0 Å². The smallest absolute Gasteiger partial charge is 0.271 e. The van der Waals surface area contributed by atoms with Crippen LogP contribution in [0.25, 0.3) is 0 Å². The van der Waals surface area contributed by atoms with Crippen LogP contribution in [0.4, 0.5) is 11.4 Å². The zero-order chi connectivity index (χ0) is 21.9. The zero-order valence-electron chi connectivity index (χ0n) is 16.7. The zero-order valence-corrected chi connectivity index (χ0v) is 17.5. The normalized spacial score (nSPS) is 15.7. The average Bonchev–Trinajstić information content (AvgIpc) is 2.71. The van der Waals surface area contributed by atoms with Gasteiger partial charge in [-0.15, -0.1) is 0 Å². The van der Waals surface area contributed by atoms with E-state index in [0.717, 1.165) is 47.0 Å². The second-order valence-electron chi connectivity index (χ2n) is 7.09. The van der Waals surface area contributed by atoms with Gasteiger partial charge in [0.2, 0.25) is 15.9 Å². The first kappa shape index (κ1) is 21.6. The van der Waals surface area contributed by atoms with Crippen LogP contribution >= 0.6 is 0 Å². The van der Waals surface area contributed by atoms with Gasteiger partial charge in [-0.25, -0.2) is 8.42 Å². The number of fused-ring (bicyclic) bond motifs is 1. The van der Waals surface area contributed by atoms with Gasteiger partial charge in [0.25, 0.3) is 5.69 Å². The van der Waals surface area contributed by atoms with Gasteiger partial charge in [0.15, 0.2) is 0 Å². The SMILES string of the molecule is COc1ccc([N+](=O)[O-])cc1N(CC(=O)NC1CCCc2ccccc21)S(C)(=O)=O. The number of nitro groups is 1. The van der Waals surface area contributed by atoms with E-state index in [4.69, 9.17) is 4.74 Å². The van der Waals surface area contributed by atoms with Crippen molar-refractivity contribution in [2.24, 2.45) is 0 Å². The topological polar surface area (TPSA) is 119 Å². The van der Waals surface area contributed by atoms with E-state index in [-0.39, 0.29) is 23.2 Å². The van der Waals surface area contributed by atoms with Crippen molar-refractivity contribution < 1.29 is 22.9 Å². The molecular formula is C20H23N3O6S. The lowest BCUT2D eigenvalue weighted by Gasteiger charge is -2.28. The molecule has 1 aliphatic carbocycles. The highest BCUT2D eigenvalue weighted by Gasteiger charge is 2.28. The number of carbonyl (C=O) groups excluding carboxylic acids is 1. The third kappa shape index (κ3) is 4.70. The second-order valence-corrected chi connectivity index (χ2v) is 9.00. The van der Waals surface area contributed by atoms with Crippen LogP contribution in [0.1, 0.15) is 30.0 Å². The van der Waals surface area contributed by atoms with E-state index in [1.807, 2.05) is 24.3 Å². The largest absolute Gasteiger partial charge is 0.495 e. The van der Waals surface area contributed by atoms with Crippen molar-refractivity contribution in [2.75, 3.05) is 24.2 Å². The molecule has 1 unspecified atom stereocenters. The molecule has 0 saturated carbocycles. The Morgan fingerprint density at radius 1 is 1.30 bits per heavy atom. The van der Waals surface area contributed by atoms with Crippen molar-refractivity contribution in [3.8, 4) is 5.75 Å². The van der Waals surface area contributed by atoms with Gasteiger partial charge < -0.3 is 10.1 Å². The van der Waals surface area contributed by atoms with Crippen LogP contribution in [-0.4, -0.2) is 39.2 Å². The van der Waals surface area contributed by atoms with Crippen LogP contribution in [-0.2, 0) is 21.2 Å². The van der Waals surface area contributed by atoms with Crippen molar-refractivity contribution in [2.45, 2.75) is 25.3 Å². The Kier molecular flexibility index (Phi) is 6.25. The Morgan fingerprint density at radius 3 is 2.70 bits per heavy atom. The number of nitrogens with zero attached hydrogens (tertiary/aromatic N) is 2. The highest BCUT2D eigenvalue weighted by atomic mass is 32.2. The van der Waals surface area contributed by atoms with Crippen LogP contribution in [0, 0.1) is 10.1 Å². The van der Waals surface area contributed by atoms with Gasteiger partial charge in [-0.05, 0) is 36.5 Å². The van der Waals surface area contributed by atoms with E-state index in [0.29, 0.717) is 0 Å². The fourth-order valence-electron chi connectivity index (χ4n) is 3.64. The summed E-state index contributed by atoms with van der Waals surface area (Å²) in [5.74, 6) is -0.391. The van der Waals surface area contributed by atoms with Crippen molar-refractivity contribution in [3.63, 3.8) is 0 Å². The lowest BCUT2D eigenvalue weighted by molar-refractivity contribution is -0.384. The third-order valence-corrected chi connectivity index (χ3v) is 6.16. The summed E-state index contributed by atoms with van der Waals surface area (Å²) >= 11 is 0. The Labute approximate surface area is 174 Å². The first-order chi connectivity index (χ1) is 14.2. The molecule has 1 amide bonds. The van der Waals surface area contributed by atoms with Crippen LogP contribution in [0.2, 0.25) is 0 Å². The molecule has 2 aromatic carbocycles. The number of amides is 1. The number of ether oxygens (including phenoxy) is 1. The Balaban J connectivity index is 1.88. The van der Waals surface area contributed by atoms with Crippen LogP contribution in [0.3, 0.4) is 0 Å². The highest BCUT2D eigenvalue weighted by molar-refractivity contribution is 7.92. The predicted molar refractivity (Wildman–Crippen MR) is 112 cm³/mol. The quantitative estimate of drug-likeness (QED) is 0.529. The molecule has 1 N–H and O–H groups in total. The van der Waals surface area contributed by atoms with E-state index in [1.54, 1.807) is 0 Å². The van der Waals surface area contributed by atoms with Gasteiger partial charge in [0.1, 0.15) is 18.0 Å². The standard InChI is InChI=1S/C20H23N3O6S/c1-29-19-11-10-15(23(25)26)12-18(19)22(30(2,27)28)13-20(24)21-17-9-5-7-14-6-3-4-8-16(14)17/h3-4,6,8,10-12,17H,5,7,9,13H2,1-2H3,(H,21,24). The molecule has 10 heteroatoms. The number of nitrogens with one attached hydrogen (secondary N) is 1. The average molecular weight is 433 g/mol. The molecule has 0 heterocycles. The molecule has 1 atom stereocenters. The number of anilines is 1. The molecule has 1 aliphatic rings. The summed E-state index contributed by atoms with van der Waals surface area (Å²) in [5.41, 5.74) is 1.82. The number of nitro benzene ring substituents is 1. The number of carbonyl (C=O) groups is 1. The first-order valence-corrected chi connectivity index (χ1v) is 11.2. The minimum absolute atomic E-state index is 0.0617. The maximum Gasteiger partial charge on any atom is 0.271 e. The lowest BCUT2D eigenvalue weighted by Crippen LogP contribution is -2.42. The summed E-state index contributed by atoms with van der Waals surface area (Å²) in [6.45, 7) is -0.519. The Bertz CT molecular complexity index is 1070. The minimum atomic E-state index is -3.92. The van der Waals surface area contributed by atoms with Crippen molar-refractivity contribution in [3.05, 3.63) is 63.7 Å². The van der Waals surface area contributed by atoms with E-state index in [2.05, 4.69) is 5.32 Å². The molecule has 0 spiro atoms. The fourth-order valence-corrected chi connectivity index (χ4v) is 4.49. The number of rotatable bonds is 7. The summed E-state index contributed by atoms with van der Waals surface area (Å²) in [7, 11) is -2.60. The maximum absolute atomic E-state index is 12.8. The number of non-ortho nitro benzene ring substituents is 1. The van der Waals surface area contributed by atoms with E-state index < -0.39 is 27.4 Å². The number of hydrogen-bond acceptors (Lipinski definition) is 6. The molecule has 0 aliphatic heterocycles. The second kappa shape index (κ2) is 8.70. The van der Waals surface area contributed by atoms with Gasteiger partial charge in [-0.3, -0.25) is 19.2 Å². The lowest BCUT2D eigenvalue weighted by atomic mass is 9.88. The summed E-state index contributed by atoms with van der Waals surface area (Å²) in [6, 6.07) is 11.2. The molecule has 9 nitrogen and oxygen atoms in total. The number of benzene rings is 2. The van der Waals surface area contributed by atoms with Gasteiger partial charge in [0.05, 0.1) is 24.3 Å². The van der Waals surface area contributed by atoms with E-state index in [1.165, 1.54) is 19.2 Å². The third-order valence-electron chi connectivity index (χ3n) is 5.03. The van der Waals surface area contributed by atoms with Gasteiger partial charge in [0, 0.05) is 12.1 Å². The summed E-state index contributed by atoms with van der Waals surface area (Å²) in [4.78, 5) is 23.3. The molecular weight excluding hydrogens is 410 g/mol. The Morgan fingerprint density at radius 2 is 2.03 bits per heavy atom. The molecule has 0 fully saturated rings. The molecule has 0 bridgehead atoms. The molecule has 0 radical (unpaired) electrons. The summed E-state index contributed by atoms with van der Waals surface area (Å²) < 4.78 is 30.9. The van der Waals surface area contributed by atoms with E-state index in [9.17, 15) is 23.3 Å². The molecule has 3 rings (SSSR count). The van der Waals surface area contributed by atoms with Crippen molar-refractivity contribution in [1.82, 2.24) is 5.32 Å². The van der Waals surface area contributed by atoms with Gasteiger partial charge >= 0.3 is 0 Å². The number of methoxy groups -OCH3 is 1. The summed E-state index contributed by atoms with van der Waals surface area (Å²) in [5, 5.41) is 14.0. The number of sulfonamides is 1. The van der Waals surface area contributed by atoms with Crippen molar-refractivity contribution >= 4 is 27.3 Å². The molecule has 0 aromatic heterocycles. The first-order valence-electron chi connectivity index (χ1n) is 9.38. The molecule has 30 heavy (non-hydrogen) atoms. The van der Waals surface area contributed by atoms with E-state index >= 15 is 0 Å². The minimum Gasteiger partial charge on any atom is -0.495 e. The Hall–Kier alpha value is -3.14. The molecule has 0 saturated heterocycles. The number of aryl methyl sites for hydroxylation is 1.